The van der Waals surface area contributed by atoms with E-state index in [1.165, 1.54) is 24.4 Å². The number of ether oxygens (including phenoxy) is 1. The molecule has 2 aromatic rings. The molecule has 1 N–H and O–H groups in total. The Hall–Kier alpha value is -2.49. The molecule has 2 rings (SSSR count). The summed E-state index contributed by atoms with van der Waals surface area (Å²) in [4.78, 5) is 14.5. The fourth-order valence-electron chi connectivity index (χ4n) is 1.54. The molecule has 0 fully saturated rings. The number of fused-ring (bicyclic) bond motifs is 1. The Morgan fingerprint density at radius 2 is 2.11 bits per heavy atom. The minimum atomic E-state index is -4.45. The largest absolute Gasteiger partial charge is 0.484 e. The van der Waals surface area contributed by atoms with E-state index in [-0.39, 0.29) is 16.7 Å². The average molecular weight is 268 g/mol. The van der Waals surface area contributed by atoms with Gasteiger partial charge in [-0.15, -0.1) is 0 Å². The Morgan fingerprint density at radius 1 is 1.37 bits per heavy atom. The first-order chi connectivity index (χ1) is 8.90. The number of halogens is 3. The lowest BCUT2D eigenvalue weighted by molar-refractivity contribution is -0.153. The molecule has 1 aromatic carbocycles. The van der Waals surface area contributed by atoms with Gasteiger partial charge in [0.15, 0.2) is 6.61 Å². The quantitative estimate of drug-likeness (QED) is 0.909. The highest BCUT2D eigenvalue weighted by Gasteiger charge is 2.28. The summed E-state index contributed by atoms with van der Waals surface area (Å²) in [5.41, 5.74) is -0.238. The molecule has 98 valence electrons. The number of nitrogens with zero attached hydrogens (tertiary/aromatic N) is 1. The van der Waals surface area contributed by atoms with Crippen molar-refractivity contribution in [2.45, 2.75) is 6.18 Å². The van der Waals surface area contributed by atoms with E-state index in [4.69, 9.17) is 5.26 Å². The monoisotopic (exact) mass is 268 g/mol. The second-order valence-electron chi connectivity index (χ2n) is 3.75. The average Bonchev–Trinajstić information content (AvgIpc) is 2.36. The summed E-state index contributed by atoms with van der Waals surface area (Å²) in [6.07, 6.45) is -3.20. The SMILES string of the molecule is N#Cc1c[nH]c2ccc(OCC(F)(F)F)cc2c1=O. The van der Waals surface area contributed by atoms with Crippen LogP contribution in [-0.4, -0.2) is 17.8 Å². The van der Waals surface area contributed by atoms with Gasteiger partial charge < -0.3 is 9.72 Å². The molecule has 0 saturated carbocycles. The van der Waals surface area contributed by atoms with Gasteiger partial charge >= 0.3 is 6.18 Å². The number of nitriles is 1. The molecule has 0 radical (unpaired) electrons. The van der Waals surface area contributed by atoms with Crippen LogP contribution < -0.4 is 10.2 Å². The number of rotatable bonds is 2. The van der Waals surface area contributed by atoms with E-state index in [9.17, 15) is 18.0 Å². The minimum Gasteiger partial charge on any atom is -0.484 e. The van der Waals surface area contributed by atoms with E-state index in [2.05, 4.69) is 9.72 Å². The lowest BCUT2D eigenvalue weighted by Gasteiger charge is -2.09. The topological polar surface area (TPSA) is 65.9 Å². The van der Waals surface area contributed by atoms with Crippen molar-refractivity contribution >= 4 is 10.9 Å². The van der Waals surface area contributed by atoms with Gasteiger partial charge in [-0.2, -0.15) is 18.4 Å². The van der Waals surface area contributed by atoms with Crippen molar-refractivity contribution in [3.63, 3.8) is 0 Å². The van der Waals surface area contributed by atoms with Crippen molar-refractivity contribution in [2.75, 3.05) is 6.61 Å². The molecule has 4 nitrogen and oxygen atoms in total. The van der Waals surface area contributed by atoms with Crippen LogP contribution in [0.1, 0.15) is 5.56 Å². The van der Waals surface area contributed by atoms with Gasteiger partial charge in [0.05, 0.1) is 5.39 Å². The van der Waals surface area contributed by atoms with Crippen LogP contribution in [0.4, 0.5) is 13.2 Å². The number of benzene rings is 1. The normalized spacial score (nSPS) is 11.3. The summed E-state index contributed by atoms with van der Waals surface area (Å²) in [6, 6.07) is 5.62. The summed E-state index contributed by atoms with van der Waals surface area (Å²) in [5, 5.41) is 8.82. The van der Waals surface area contributed by atoms with Crippen molar-refractivity contribution in [1.29, 1.82) is 5.26 Å². The lowest BCUT2D eigenvalue weighted by atomic mass is 10.1. The van der Waals surface area contributed by atoms with Gasteiger partial charge in [-0.3, -0.25) is 4.79 Å². The van der Waals surface area contributed by atoms with Gasteiger partial charge in [0, 0.05) is 11.7 Å². The number of pyridine rings is 1. The molecule has 0 bridgehead atoms. The van der Waals surface area contributed by atoms with Gasteiger partial charge in [0.25, 0.3) is 0 Å². The Labute approximate surface area is 105 Å². The minimum absolute atomic E-state index is 0.0783. The maximum Gasteiger partial charge on any atom is 0.422 e. The molecule has 1 aromatic heterocycles. The Kier molecular flexibility index (Phi) is 3.17. The van der Waals surface area contributed by atoms with Gasteiger partial charge in [-0.1, -0.05) is 0 Å². The summed E-state index contributed by atoms with van der Waals surface area (Å²) in [6.45, 7) is -1.44. The first-order valence-corrected chi connectivity index (χ1v) is 5.16. The van der Waals surface area contributed by atoms with Crippen molar-refractivity contribution in [3.05, 3.63) is 40.2 Å². The van der Waals surface area contributed by atoms with E-state index < -0.39 is 18.2 Å². The predicted octanol–water partition coefficient (Wildman–Crippen LogP) is 2.34. The third kappa shape index (κ3) is 2.85. The molecule has 0 atom stereocenters. The van der Waals surface area contributed by atoms with Crippen molar-refractivity contribution < 1.29 is 17.9 Å². The highest BCUT2D eigenvalue weighted by Crippen LogP contribution is 2.21. The van der Waals surface area contributed by atoms with Crippen molar-refractivity contribution in [3.8, 4) is 11.8 Å². The van der Waals surface area contributed by atoms with Gasteiger partial charge in [0.1, 0.15) is 17.4 Å². The predicted molar refractivity (Wildman–Crippen MR) is 60.8 cm³/mol. The zero-order valence-electron chi connectivity index (χ0n) is 9.41. The summed E-state index contributed by atoms with van der Waals surface area (Å²) >= 11 is 0. The Bertz CT molecular complexity index is 713. The van der Waals surface area contributed by atoms with E-state index >= 15 is 0 Å². The van der Waals surface area contributed by atoms with Crippen LogP contribution in [0.5, 0.6) is 5.75 Å². The van der Waals surface area contributed by atoms with E-state index in [0.717, 1.165) is 0 Å². The Balaban J connectivity index is 2.42. The first kappa shape index (κ1) is 13.0. The lowest BCUT2D eigenvalue weighted by Crippen LogP contribution is -2.19. The number of alkyl halides is 3. The molecule has 0 unspecified atom stereocenters. The van der Waals surface area contributed by atoms with Crippen LogP contribution in [0, 0.1) is 11.3 Å². The molecule has 19 heavy (non-hydrogen) atoms. The van der Waals surface area contributed by atoms with Crippen LogP contribution in [0.3, 0.4) is 0 Å². The fraction of sp³-hybridized carbons (Fsp3) is 0.167. The number of H-pyrrole nitrogens is 1. The summed E-state index contributed by atoms with van der Waals surface area (Å²) in [5.74, 6) is -0.0783. The van der Waals surface area contributed by atoms with E-state index in [1.807, 2.05) is 0 Å². The van der Waals surface area contributed by atoms with Gasteiger partial charge in [-0.05, 0) is 18.2 Å². The third-order valence-corrected chi connectivity index (χ3v) is 2.38. The number of hydrogen-bond acceptors (Lipinski definition) is 3. The molecule has 7 heteroatoms. The van der Waals surface area contributed by atoms with Crippen molar-refractivity contribution in [1.82, 2.24) is 4.98 Å². The van der Waals surface area contributed by atoms with Crippen LogP contribution in [0.2, 0.25) is 0 Å². The maximum atomic E-state index is 12.0. The molecule has 0 amide bonds. The number of nitrogens with one attached hydrogen (secondary N) is 1. The summed E-state index contributed by atoms with van der Waals surface area (Å²) < 4.78 is 40.6. The summed E-state index contributed by atoms with van der Waals surface area (Å²) in [7, 11) is 0. The molecular formula is C12H7F3N2O2. The smallest absolute Gasteiger partial charge is 0.422 e. The van der Waals surface area contributed by atoms with Crippen LogP contribution >= 0.6 is 0 Å². The number of aromatic amines is 1. The fourth-order valence-corrected chi connectivity index (χ4v) is 1.54. The molecule has 0 aliphatic heterocycles. The van der Waals surface area contributed by atoms with Crippen LogP contribution in [0.15, 0.2) is 29.2 Å². The maximum absolute atomic E-state index is 12.0. The van der Waals surface area contributed by atoms with Crippen molar-refractivity contribution in [2.24, 2.45) is 0 Å². The Morgan fingerprint density at radius 3 is 2.74 bits per heavy atom. The second-order valence-corrected chi connectivity index (χ2v) is 3.75. The van der Waals surface area contributed by atoms with E-state index in [1.54, 1.807) is 6.07 Å². The highest BCUT2D eigenvalue weighted by molar-refractivity contribution is 5.80. The zero-order chi connectivity index (χ0) is 14.0. The standard InChI is InChI=1S/C12H7F3N2O2/c13-12(14,15)6-19-8-1-2-10-9(3-8)11(18)7(4-16)5-17-10/h1-3,5H,6H2,(H,17,18). The second kappa shape index (κ2) is 4.65. The van der Waals surface area contributed by atoms with Crippen LogP contribution in [0.25, 0.3) is 10.9 Å². The molecular weight excluding hydrogens is 261 g/mol. The highest BCUT2D eigenvalue weighted by atomic mass is 19.4. The number of aromatic nitrogens is 1. The van der Waals surface area contributed by atoms with E-state index in [0.29, 0.717) is 5.52 Å². The van der Waals surface area contributed by atoms with Gasteiger partial charge in [-0.25, -0.2) is 0 Å². The molecule has 0 aliphatic carbocycles. The molecule has 1 heterocycles. The van der Waals surface area contributed by atoms with Crippen LogP contribution in [-0.2, 0) is 0 Å². The zero-order valence-corrected chi connectivity index (χ0v) is 9.41. The molecule has 0 saturated heterocycles. The molecule has 0 spiro atoms. The third-order valence-electron chi connectivity index (χ3n) is 2.38. The number of hydrogen-bond donors (Lipinski definition) is 1. The first-order valence-electron chi connectivity index (χ1n) is 5.16. The van der Waals surface area contributed by atoms with Gasteiger partial charge in [0.2, 0.25) is 5.43 Å². The molecule has 0 aliphatic rings.